The van der Waals surface area contributed by atoms with Crippen LogP contribution in [0.4, 0.5) is 4.39 Å². The zero-order valence-electron chi connectivity index (χ0n) is 20.5. The highest BCUT2D eigenvalue weighted by molar-refractivity contribution is 5.95. The van der Waals surface area contributed by atoms with Crippen LogP contribution in [0.1, 0.15) is 63.0 Å². The molecular weight excluding hydrogens is 461 g/mol. The predicted molar refractivity (Wildman–Crippen MR) is 133 cm³/mol. The number of carbonyl (C=O) groups is 2. The number of carbonyl (C=O) groups excluding carboxylic acids is 1. The molecule has 5 rings (SSSR count). The minimum atomic E-state index is -0.862. The number of halogens is 1. The van der Waals surface area contributed by atoms with Crippen molar-refractivity contribution in [3.8, 4) is 22.6 Å². The highest BCUT2D eigenvalue weighted by Gasteiger charge is 2.32. The summed E-state index contributed by atoms with van der Waals surface area (Å²) < 4.78 is 27.1. The van der Waals surface area contributed by atoms with E-state index in [4.69, 9.17) is 14.6 Å². The zero-order chi connectivity index (χ0) is 25.6. The molecule has 0 aromatic heterocycles. The van der Waals surface area contributed by atoms with E-state index in [-0.39, 0.29) is 24.1 Å². The van der Waals surface area contributed by atoms with Gasteiger partial charge in [-0.25, -0.2) is 4.39 Å². The zero-order valence-corrected chi connectivity index (χ0v) is 20.5. The summed E-state index contributed by atoms with van der Waals surface area (Å²) in [5, 5.41) is 11.8. The summed E-state index contributed by atoms with van der Waals surface area (Å²) in [6.45, 7) is 4.26. The Bertz CT molecular complexity index is 1360. The van der Waals surface area contributed by atoms with Gasteiger partial charge in [-0.05, 0) is 78.8 Å². The van der Waals surface area contributed by atoms with Crippen LogP contribution >= 0.6 is 0 Å². The molecule has 36 heavy (non-hydrogen) atoms. The number of hydrogen-bond donors (Lipinski definition) is 2. The summed E-state index contributed by atoms with van der Waals surface area (Å²) in [4.78, 5) is 23.2. The van der Waals surface area contributed by atoms with Gasteiger partial charge in [0.1, 0.15) is 23.4 Å². The summed E-state index contributed by atoms with van der Waals surface area (Å²) in [7, 11) is 1.61. The number of rotatable bonds is 6. The molecule has 1 amide bonds. The number of ether oxygens (including phenoxy) is 2. The first kappa shape index (κ1) is 23.9. The normalized spacial score (nSPS) is 17.8. The first-order valence-corrected chi connectivity index (χ1v) is 12.1. The highest BCUT2D eigenvalue weighted by Crippen LogP contribution is 2.45. The summed E-state index contributed by atoms with van der Waals surface area (Å²) >= 11 is 0. The molecule has 3 aromatic carbocycles. The Balaban J connectivity index is 1.46. The van der Waals surface area contributed by atoms with E-state index in [1.807, 2.05) is 38.1 Å². The second-order valence-electron chi connectivity index (χ2n) is 9.50. The van der Waals surface area contributed by atoms with Gasteiger partial charge in [0.2, 0.25) is 0 Å². The minimum absolute atomic E-state index is 0.0140. The van der Waals surface area contributed by atoms with E-state index in [1.165, 1.54) is 6.07 Å². The SMILES string of the molecule is CNC(=O)c1cc(C)c(-c2ccc(F)c3c2CC[C@H]3Oc2ccc3c(c2)OC[C@H]3CC(=O)O)c(C)c1. The van der Waals surface area contributed by atoms with Crippen LogP contribution in [0.25, 0.3) is 11.1 Å². The monoisotopic (exact) mass is 489 g/mol. The maximum absolute atomic E-state index is 15.1. The summed E-state index contributed by atoms with van der Waals surface area (Å²) in [5.74, 6) is -0.298. The predicted octanol–water partition coefficient (Wildman–Crippen LogP) is 5.49. The molecule has 1 aliphatic heterocycles. The molecule has 186 valence electrons. The first-order chi connectivity index (χ1) is 17.3. The third kappa shape index (κ3) is 4.19. The van der Waals surface area contributed by atoms with E-state index < -0.39 is 12.1 Å². The van der Waals surface area contributed by atoms with Gasteiger partial charge in [-0.1, -0.05) is 12.1 Å². The number of nitrogens with one attached hydrogen (secondary N) is 1. The van der Waals surface area contributed by atoms with Crippen molar-refractivity contribution in [2.75, 3.05) is 13.7 Å². The number of aliphatic carboxylic acids is 1. The van der Waals surface area contributed by atoms with Gasteiger partial charge in [0.05, 0.1) is 13.0 Å². The Hall–Kier alpha value is -3.87. The Morgan fingerprint density at radius 1 is 1.14 bits per heavy atom. The smallest absolute Gasteiger partial charge is 0.304 e. The van der Waals surface area contributed by atoms with Crippen molar-refractivity contribution in [2.24, 2.45) is 0 Å². The fourth-order valence-corrected chi connectivity index (χ4v) is 5.56. The Kier molecular flexibility index (Phi) is 6.16. The summed E-state index contributed by atoms with van der Waals surface area (Å²) in [6, 6.07) is 12.4. The summed E-state index contributed by atoms with van der Waals surface area (Å²) in [5.41, 5.74) is 6.83. The lowest BCUT2D eigenvalue weighted by atomic mass is 9.89. The fourth-order valence-electron chi connectivity index (χ4n) is 5.56. The van der Waals surface area contributed by atoms with Crippen molar-refractivity contribution >= 4 is 11.9 Å². The topological polar surface area (TPSA) is 84.9 Å². The maximum atomic E-state index is 15.1. The van der Waals surface area contributed by atoms with Gasteiger partial charge in [-0.2, -0.15) is 0 Å². The number of hydrogen-bond acceptors (Lipinski definition) is 4. The molecule has 0 fully saturated rings. The third-order valence-electron chi connectivity index (χ3n) is 7.14. The Labute approximate surface area is 209 Å². The van der Waals surface area contributed by atoms with E-state index in [0.717, 1.165) is 33.4 Å². The molecule has 7 heteroatoms. The summed E-state index contributed by atoms with van der Waals surface area (Å²) in [6.07, 6.45) is 0.878. The Morgan fingerprint density at radius 2 is 1.89 bits per heavy atom. The average Bonchev–Trinajstić information content (AvgIpc) is 3.44. The van der Waals surface area contributed by atoms with Crippen LogP contribution in [0.2, 0.25) is 0 Å². The lowest BCUT2D eigenvalue weighted by Gasteiger charge is -2.19. The molecule has 0 unspecified atom stereocenters. The van der Waals surface area contributed by atoms with Gasteiger partial charge in [0.15, 0.2) is 0 Å². The van der Waals surface area contributed by atoms with Crippen LogP contribution in [0.5, 0.6) is 11.5 Å². The number of amides is 1. The fraction of sp³-hybridized carbons (Fsp3) is 0.310. The molecule has 0 spiro atoms. The molecule has 6 nitrogen and oxygen atoms in total. The molecule has 0 bridgehead atoms. The quantitative estimate of drug-likeness (QED) is 0.479. The number of benzene rings is 3. The van der Waals surface area contributed by atoms with Gasteiger partial charge in [0.25, 0.3) is 5.91 Å². The number of carboxylic acid groups (broad SMARTS) is 1. The lowest BCUT2D eigenvalue weighted by Crippen LogP contribution is -2.18. The molecule has 2 atom stereocenters. The highest BCUT2D eigenvalue weighted by atomic mass is 19.1. The van der Waals surface area contributed by atoms with Crippen LogP contribution in [0.15, 0.2) is 42.5 Å². The molecule has 1 aliphatic carbocycles. The van der Waals surface area contributed by atoms with E-state index >= 15 is 4.39 Å². The van der Waals surface area contributed by atoms with Crippen molar-refractivity contribution in [1.82, 2.24) is 5.32 Å². The number of carboxylic acids is 1. The second-order valence-corrected chi connectivity index (χ2v) is 9.50. The first-order valence-electron chi connectivity index (χ1n) is 12.1. The maximum Gasteiger partial charge on any atom is 0.304 e. The van der Waals surface area contributed by atoms with Crippen molar-refractivity contribution in [3.05, 3.63) is 81.7 Å². The van der Waals surface area contributed by atoms with Crippen LogP contribution in [-0.4, -0.2) is 30.6 Å². The molecule has 0 radical (unpaired) electrons. The second kappa shape index (κ2) is 9.30. The molecule has 0 saturated carbocycles. The van der Waals surface area contributed by atoms with Crippen molar-refractivity contribution < 1.29 is 28.6 Å². The van der Waals surface area contributed by atoms with E-state index in [0.29, 0.717) is 42.1 Å². The van der Waals surface area contributed by atoms with Crippen LogP contribution in [0.3, 0.4) is 0 Å². The largest absolute Gasteiger partial charge is 0.492 e. The van der Waals surface area contributed by atoms with Crippen LogP contribution in [0, 0.1) is 19.7 Å². The number of fused-ring (bicyclic) bond motifs is 2. The van der Waals surface area contributed by atoms with E-state index in [9.17, 15) is 9.59 Å². The average molecular weight is 490 g/mol. The number of aryl methyl sites for hydroxylation is 2. The van der Waals surface area contributed by atoms with Crippen molar-refractivity contribution in [3.63, 3.8) is 0 Å². The van der Waals surface area contributed by atoms with E-state index in [1.54, 1.807) is 19.2 Å². The third-order valence-corrected chi connectivity index (χ3v) is 7.14. The van der Waals surface area contributed by atoms with Gasteiger partial charge in [0, 0.05) is 35.7 Å². The molecule has 2 aliphatic rings. The molecule has 1 heterocycles. The van der Waals surface area contributed by atoms with Gasteiger partial charge < -0.3 is 19.9 Å². The van der Waals surface area contributed by atoms with Crippen LogP contribution < -0.4 is 14.8 Å². The van der Waals surface area contributed by atoms with Gasteiger partial charge in [-0.15, -0.1) is 0 Å². The molecular formula is C29H28FNO5. The lowest BCUT2D eigenvalue weighted by molar-refractivity contribution is -0.137. The molecule has 0 saturated heterocycles. The molecule has 2 N–H and O–H groups in total. The standard InChI is InChI=1S/C29H28FNO5/c1-15-10-17(29(34)31-3)11-16(2)27(15)21-6-8-23(30)28-22(21)7-9-24(28)36-19-4-5-20-18(12-26(32)33)14-35-25(20)13-19/h4-6,8,10-11,13,18,24H,7,9,12,14H2,1-3H3,(H,31,34)(H,32,33)/t18-,24-/m1/s1. The Morgan fingerprint density at radius 3 is 2.58 bits per heavy atom. The van der Waals surface area contributed by atoms with Crippen LogP contribution in [-0.2, 0) is 11.2 Å². The van der Waals surface area contributed by atoms with Gasteiger partial charge >= 0.3 is 5.97 Å². The molecule has 3 aromatic rings. The van der Waals surface area contributed by atoms with Crippen molar-refractivity contribution in [2.45, 2.75) is 45.1 Å². The van der Waals surface area contributed by atoms with Gasteiger partial charge in [-0.3, -0.25) is 9.59 Å². The van der Waals surface area contributed by atoms with E-state index in [2.05, 4.69) is 5.32 Å². The minimum Gasteiger partial charge on any atom is -0.492 e. The van der Waals surface area contributed by atoms with Crippen molar-refractivity contribution in [1.29, 1.82) is 0 Å².